The second-order valence-electron chi connectivity index (χ2n) is 14.1. The second-order valence-corrected chi connectivity index (χ2v) is 14.1. The zero-order chi connectivity index (χ0) is 34.1. The Kier molecular flexibility index (Phi) is 12.6. The summed E-state index contributed by atoms with van der Waals surface area (Å²) in [5.74, 6) is 1.47. The Morgan fingerprint density at radius 2 is 1.24 bits per heavy atom. The molecule has 248 valence electrons. The minimum Gasteiger partial charge on any atom is -0.496 e. The smallest absolute Gasteiger partial charge is 0.246 e. The van der Waals surface area contributed by atoms with Crippen LogP contribution in [0.4, 0.5) is 0 Å². The molecule has 2 aromatic carbocycles. The number of methoxy groups -OCH3 is 2. The molecule has 1 heterocycles. The van der Waals surface area contributed by atoms with E-state index in [-0.39, 0.29) is 28.7 Å². The molecule has 2 aromatic rings. The van der Waals surface area contributed by atoms with E-state index in [2.05, 4.69) is 65.8 Å². The molecule has 0 aliphatic carbocycles. The Balaban J connectivity index is 1.63. The van der Waals surface area contributed by atoms with Gasteiger partial charge in [-0.25, -0.2) is 0 Å². The van der Waals surface area contributed by atoms with Gasteiger partial charge in [0.25, 0.3) is 0 Å². The van der Waals surface area contributed by atoms with Crippen molar-refractivity contribution in [2.75, 3.05) is 54.5 Å². The number of carbonyl (C=O) groups excluding carboxylic acids is 2. The topological polar surface area (TPSA) is 62.3 Å². The van der Waals surface area contributed by atoms with Crippen molar-refractivity contribution in [2.45, 2.75) is 58.4 Å². The van der Waals surface area contributed by atoms with Gasteiger partial charge in [-0.05, 0) is 48.2 Å². The molecule has 1 aliphatic rings. The summed E-state index contributed by atoms with van der Waals surface area (Å²) in [5.41, 5.74) is 4.36. The number of piperazine rings is 1. The Bertz CT molecular complexity index is 1470. The van der Waals surface area contributed by atoms with E-state index in [1.165, 1.54) is 11.1 Å². The van der Waals surface area contributed by atoms with Gasteiger partial charge in [0.05, 0.1) is 20.3 Å². The van der Waals surface area contributed by atoms with Crippen LogP contribution in [0, 0.1) is 0 Å². The molecule has 0 radical (unpaired) electrons. The van der Waals surface area contributed by atoms with Crippen LogP contribution in [0.25, 0.3) is 12.2 Å². The molecule has 7 nitrogen and oxygen atoms in total. The maximum atomic E-state index is 13.3. The number of hydrogen-bond donors (Lipinski definition) is 0. The van der Waals surface area contributed by atoms with Crippen LogP contribution in [0.3, 0.4) is 0 Å². The molecule has 0 N–H and O–H groups in total. The number of rotatable bonds is 10. The molecule has 3 rings (SSSR count). The van der Waals surface area contributed by atoms with Crippen LogP contribution in [0.2, 0.25) is 0 Å². The number of carbonyl (C=O) groups is 2. The minimum absolute atomic E-state index is 0.0287. The standard InChI is InChI=1S/C39H53N3O4/c1-38(2,3)31-21-19-29(34(25-31)45-9)15-11-13-17-36(43)41-23-24-42(33(28-41)27-40(7)8)37(44)18-14-12-16-30-20-22-32(39(4,5)6)26-35(30)46-10/h11-22,25-26,33H,23-24,27-28H2,1-10H3. The summed E-state index contributed by atoms with van der Waals surface area (Å²) in [6.45, 7) is 15.1. The number of benzene rings is 2. The first-order chi connectivity index (χ1) is 21.6. The van der Waals surface area contributed by atoms with Gasteiger partial charge in [0, 0.05) is 49.5 Å². The predicted octanol–water partition coefficient (Wildman–Crippen LogP) is 6.74. The fourth-order valence-electron chi connectivity index (χ4n) is 5.35. The van der Waals surface area contributed by atoms with Crippen LogP contribution < -0.4 is 9.47 Å². The SMILES string of the molecule is COc1cc(C(C)(C)C)ccc1C=CC=CC(=O)N1CCN(C(=O)C=CC=Cc2ccc(C(C)(C)C)cc2OC)C(CN(C)C)C1. The molecule has 1 fully saturated rings. The Morgan fingerprint density at radius 3 is 1.67 bits per heavy atom. The molecule has 7 heteroatoms. The highest BCUT2D eigenvalue weighted by atomic mass is 16.5. The van der Waals surface area contributed by atoms with Gasteiger partial charge < -0.3 is 24.2 Å². The first-order valence-electron chi connectivity index (χ1n) is 15.9. The van der Waals surface area contributed by atoms with Crippen molar-refractivity contribution in [3.8, 4) is 11.5 Å². The van der Waals surface area contributed by atoms with Crippen molar-refractivity contribution in [2.24, 2.45) is 0 Å². The van der Waals surface area contributed by atoms with Gasteiger partial charge in [-0.1, -0.05) is 102 Å². The Hall–Kier alpha value is -4.10. The first-order valence-corrected chi connectivity index (χ1v) is 15.9. The number of hydrogen-bond acceptors (Lipinski definition) is 5. The zero-order valence-corrected chi connectivity index (χ0v) is 29.5. The van der Waals surface area contributed by atoms with Gasteiger partial charge in [0.2, 0.25) is 11.8 Å². The summed E-state index contributed by atoms with van der Waals surface area (Å²) in [4.78, 5) is 32.1. The van der Waals surface area contributed by atoms with Crippen molar-refractivity contribution in [1.82, 2.24) is 14.7 Å². The molecule has 1 atom stereocenters. The number of ether oxygens (including phenoxy) is 2. The van der Waals surface area contributed by atoms with E-state index < -0.39 is 0 Å². The molecule has 0 saturated carbocycles. The first kappa shape index (κ1) is 36.4. The largest absolute Gasteiger partial charge is 0.496 e. The highest BCUT2D eigenvalue weighted by molar-refractivity contribution is 5.90. The summed E-state index contributed by atoms with van der Waals surface area (Å²) in [7, 11) is 7.30. The highest BCUT2D eigenvalue weighted by Gasteiger charge is 2.31. The Labute approximate surface area is 276 Å². The van der Waals surface area contributed by atoms with Crippen LogP contribution in [0.1, 0.15) is 63.8 Å². The quantitative estimate of drug-likeness (QED) is 0.216. The summed E-state index contributed by atoms with van der Waals surface area (Å²) in [5, 5.41) is 0. The summed E-state index contributed by atoms with van der Waals surface area (Å²) >= 11 is 0. The van der Waals surface area contributed by atoms with Gasteiger partial charge in [0.15, 0.2) is 0 Å². The second kappa shape index (κ2) is 15.9. The minimum atomic E-state index is -0.117. The molecular weight excluding hydrogens is 574 g/mol. The predicted molar refractivity (Wildman–Crippen MR) is 190 cm³/mol. The van der Waals surface area contributed by atoms with Crippen molar-refractivity contribution in [3.63, 3.8) is 0 Å². The molecule has 1 aliphatic heterocycles. The Morgan fingerprint density at radius 1 is 0.761 bits per heavy atom. The molecular formula is C39H53N3O4. The van der Waals surface area contributed by atoms with Gasteiger partial charge in [0.1, 0.15) is 11.5 Å². The van der Waals surface area contributed by atoms with Gasteiger partial charge in [-0.2, -0.15) is 0 Å². The van der Waals surface area contributed by atoms with E-state index >= 15 is 0 Å². The van der Waals surface area contributed by atoms with E-state index in [4.69, 9.17) is 9.47 Å². The van der Waals surface area contributed by atoms with Crippen molar-refractivity contribution in [1.29, 1.82) is 0 Å². The monoisotopic (exact) mass is 627 g/mol. The summed E-state index contributed by atoms with van der Waals surface area (Å²) < 4.78 is 11.2. The lowest BCUT2D eigenvalue weighted by atomic mass is 9.86. The third-order valence-electron chi connectivity index (χ3n) is 8.10. The zero-order valence-electron chi connectivity index (χ0n) is 29.5. The molecule has 2 amide bonds. The summed E-state index contributed by atoms with van der Waals surface area (Å²) in [6.07, 6.45) is 14.3. The van der Waals surface area contributed by atoms with E-state index in [0.29, 0.717) is 26.2 Å². The van der Waals surface area contributed by atoms with Crippen LogP contribution in [-0.4, -0.2) is 87.0 Å². The van der Waals surface area contributed by atoms with E-state index in [1.807, 2.05) is 65.2 Å². The number of nitrogens with zero attached hydrogens (tertiary/aromatic N) is 3. The van der Waals surface area contributed by atoms with Crippen LogP contribution in [0.5, 0.6) is 11.5 Å². The maximum absolute atomic E-state index is 13.3. The molecule has 0 spiro atoms. The third kappa shape index (κ3) is 10.2. The van der Waals surface area contributed by atoms with Gasteiger partial charge in [-0.3, -0.25) is 9.59 Å². The lowest BCUT2D eigenvalue weighted by Gasteiger charge is -2.41. The number of likely N-dealkylation sites (N-methyl/N-ethyl adjacent to an activating group) is 1. The van der Waals surface area contributed by atoms with E-state index in [9.17, 15) is 9.59 Å². The molecule has 46 heavy (non-hydrogen) atoms. The number of allylic oxidation sites excluding steroid dienone is 4. The van der Waals surface area contributed by atoms with Gasteiger partial charge in [-0.15, -0.1) is 0 Å². The van der Waals surface area contributed by atoms with Crippen molar-refractivity contribution < 1.29 is 19.1 Å². The fourth-order valence-corrected chi connectivity index (χ4v) is 5.35. The van der Waals surface area contributed by atoms with Crippen LogP contribution in [-0.2, 0) is 20.4 Å². The average Bonchev–Trinajstić information content (AvgIpc) is 2.99. The fraction of sp³-hybridized carbons (Fsp3) is 0.436. The van der Waals surface area contributed by atoms with Crippen molar-refractivity contribution >= 4 is 24.0 Å². The van der Waals surface area contributed by atoms with Gasteiger partial charge >= 0.3 is 0 Å². The number of amides is 2. The van der Waals surface area contributed by atoms with E-state index in [1.54, 1.807) is 38.5 Å². The molecule has 1 unspecified atom stereocenters. The maximum Gasteiger partial charge on any atom is 0.246 e. The molecule has 1 saturated heterocycles. The lowest BCUT2D eigenvalue weighted by Crippen LogP contribution is -2.58. The summed E-state index contributed by atoms with van der Waals surface area (Å²) in [6, 6.07) is 12.3. The normalized spacial score (nSPS) is 16.5. The van der Waals surface area contributed by atoms with Crippen LogP contribution >= 0.6 is 0 Å². The van der Waals surface area contributed by atoms with Crippen molar-refractivity contribution in [3.05, 3.63) is 95.1 Å². The van der Waals surface area contributed by atoms with Crippen LogP contribution in [0.15, 0.2) is 72.9 Å². The molecule has 0 bridgehead atoms. The average molecular weight is 628 g/mol. The highest BCUT2D eigenvalue weighted by Crippen LogP contribution is 2.30. The lowest BCUT2D eigenvalue weighted by molar-refractivity contribution is -0.137. The third-order valence-corrected chi connectivity index (χ3v) is 8.10. The molecule has 0 aromatic heterocycles. The van der Waals surface area contributed by atoms with E-state index in [0.717, 1.165) is 22.6 Å².